The van der Waals surface area contributed by atoms with Crippen LogP contribution in [0.3, 0.4) is 0 Å². The molecule has 0 bridgehead atoms. The molecule has 2 aliphatic rings. The van der Waals surface area contributed by atoms with Crippen LogP contribution in [0.25, 0.3) is 0 Å². The monoisotopic (exact) mass is 306 g/mol. The van der Waals surface area contributed by atoms with Crippen LogP contribution in [0.4, 0.5) is 0 Å². The second kappa shape index (κ2) is 6.78. The minimum absolute atomic E-state index is 0.154. The Morgan fingerprint density at radius 3 is 2.47 bits per heavy atom. The molecule has 112 valence electrons. The maximum absolute atomic E-state index is 12.2. The van der Waals surface area contributed by atoms with Crippen LogP contribution >= 0.6 is 11.8 Å². The summed E-state index contributed by atoms with van der Waals surface area (Å²) in [5.74, 6) is 0.631. The number of hydrogen-bond acceptors (Lipinski definition) is 4. The summed E-state index contributed by atoms with van der Waals surface area (Å²) in [7, 11) is -3.11. The normalized spacial score (nSPS) is 24.7. The summed E-state index contributed by atoms with van der Waals surface area (Å²) < 4.78 is 27.4. The van der Waals surface area contributed by atoms with Gasteiger partial charge < -0.3 is 5.32 Å². The quantitative estimate of drug-likeness (QED) is 0.782. The molecule has 0 aromatic heterocycles. The van der Waals surface area contributed by atoms with E-state index in [0.717, 1.165) is 38.8 Å². The highest BCUT2D eigenvalue weighted by Gasteiger charge is 2.34. The van der Waals surface area contributed by atoms with Crippen LogP contribution in [0.15, 0.2) is 0 Å². The fourth-order valence-electron chi connectivity index (χ4n) is 3.13. The van der Waals surface area contributed by atoms with Crippen molar-refractivity contribution in [2.24, 2.45) is 5.92 Å². The third-order valence-corrected chi connectivity index (χ3v) is 7.39. The predicted octanol–water partition coefficient (Wildman–Crippen LogP) is 1.58. The van der Waals surface area contributed by atoms with E-state index in [-0.39, 0.29) is 4.75 Å². The van der Waals surface area contributed by atoms with Crippen LogP contribution in [0, 0.1) is 5.92 Å². The molecular formula is C13H26N2O2S2. The molecule has 1 aliphatic carbocycles. The maximum atomic E-state index is 12.2. The molecule has 0 aromatic carbocycles. The molecule has 2 N–H and O–H groups in total. The fraction of sp³-hybridized carbons (Fsp3) is 1.00. The number of thioether (sulfide) groups is 1. The second-order valence-electron chi connectivity index (χ2n) is 5.89. The van der Waals surface area contributed by atoms with Crippen LogP contribution in [0.5, 0.6) is 0 Å². The molecule has 19 heavy (non-hydrogen) atoms. The molecule has 0 spiro atoms. The molecule has 0 radical (unpaired) electrons. The number of hydrogen-bond donors (Lipinski definition) is 2. The first-order valence-corrected chi connectivity index (χ1v) is 10.2. The molecule has 1 aliphatic heterocycles. The van der Waals surface area contributed by atoms with Gasteiger partial charge in [-0.05, 0) is 50.9 Å². The van der Waals surface area contributed by atoms with Crippen molar-refractivity contribution in [3.8, 4) is 0 Å². The smallest absolute Gasteiger partial charge is 0.211 e. The standard InChI is InChI=1S/C13H26N2O2S2/c1-18-13(6-2-3-7-13)11-15-19(16,17)10-12-4-8-14-9-5-12/h12,14-15H,2-11H2,1H3. The third-order valence-electron chi connectivity index (χ3n) is 4.48. The lowest BCUT2D eigenvalue weighted by molar-refractivity contribution is 0.399. The van der Waals surface area contributed by atoms with E-state index in [1.165, 1.54) is 12.8 Å². The third kappa shape index (κ3) is 4.62. The topological polar surface area (TPSA) is 58.2 Å². The molecule has 0 atom stereocenters. The highest BCUT2D eigenvalue weighted by Crippen LogP contribution is 2.39. The molecule has 1 saturated heterocycles. The molecule has 2 fully saturated rings. The minimum Gasteiger partial charge on any atom is -0.317 e. The predicted molar refractivity (Wildman–Crippen MR) is 82.1 cm³/mol. The largest absolute Gasteiger partial charge is 0.317 e. The van der Waals surface area contributed by atoms with Crippen molar-refractivity contribution in [3.63, 3.8) is 0 Å². The lowest BCUT2D eigenvalue weighted by atomic mass is 10.0. The van der Waals surface area contributed by atoms with Gasteiger partial charge in [0.1, 0.15) is 0 Å². The zero-order valence-corrected chi connectivity index (χ0v) is 13.4. The summed E-state index contributed by atoms with van der Waals surface area (Å²) in [6.45, 7) is 2.52. The van der Waals surface area contributed by atoms with Gasteiger partial charge in [0.25, 0.3) is 0 Å². The van der Waals surface area contributed by atoms with Gasteiger partial charge >= 0.3 is 0 Å². The van der Waals surface area contributed by atoms with E-state index in [0.29, 0.717) is 18.2 Å². The van der Waals surface area contributed by atoms with E-state index in [1.807, 2.05) is 11.8 Å². The summed E-state index contributed by atoms with van der Waals surface area (Å²) in [5, 5.41) is 3.27. The molecule has 1 saturated carbocycles. The van der Waals surface area contributed by atoms with Gasteiger partial charge in [0, 0.05) is 11.3 Å². The lowest BCUT2D eigenvalue weighted by Crippen LogP contribution is -2.41. The van der Waals surface area contributed by atoms with Gasteiger partial charge in [-0.15, -0.1) is 0 Å². The van der Waals surface area contributed by atoms with E-state index in [4.69, 9.17) is 0 Å². The Labute approximate surface area is 121 Å². The van der Waals surface area contributed by atoms with Crippen molar-refractivity contribution < 1.29 is 8.42 Å². The van der Waals surface area contributed by atoms with Crippen molar-refractivity contribution >= 4 is 21.8 Å². The van der Waals surface area contributed by atoms with Gasteiger partial charge in [0.15, 0.2) is 0 Å². The molecule has 0 aromatic rings. The maximum Gasteiger partial charge on any atom is 0.211 e. The minimum atomic E-state index is -3.11. The van der Waals surface area contributed by atoms with E-state index >= 15 is 0 Å². The van der Waals surface area contributed by atoms with Crippen LogP contribution in [0.1, 0.15) is 38.5 Å². The number of nitrogens with one attached hydrogen (secondary N) is 2. The van der Waals surface area contributed by atoms with Gasteiger partial charge in [-0.3, -0.25) is 0 Å². The average molecular weight is 306 g/mol. The van der Waals surface area contributed by atoms with Gasteiger partial charge in [-0.2, -0.15) is 11.8 Å². The Balaban J connectivity index is 1.83. The molecule has 0 unspecified atom stereocenters. The Morgan fingerprint density at radius 2 is 1.89 bits per heavy atom. The van der Waals surface area contributed by atoms with E-state index in [9.17, 15) is 8.42 Å². The van der Waals surface area contributed by atoms with Crippen molar-refractivity contribution in [1.82, 2.24) is 10.0 Å². The summed E-state index contributed by atoms with van der Waals surface area (Å²) in [6.07, 6.45) is 8.82. The number of rotatable bonds is 6. The number of sulfonamides is 1. The Hall–Kier alpha value is 0.220. The first kappa shape index (κ1) is 15.6. The van der Waals surface area contributed by atoms with Crippen molar-refractivity contribution in [3.05, 3.63) is 0 Å². The first-order valence-electron chi connectivity index (χ1n) is 7.28. The van der Waals surface area contributed by atoms with Crippen molar-refractivity contribution in [2.75, 3.05) is 31.6 Å². The first-order chi connectivity index (χ1) is 9.05. The molecule has 1 heterocycles. The van der Waals surface area contributed by atoms with E-state index < -0.39 is 10.0 Å². The Kier molecular flexibility index (Phi) is 5.57. The zero-order valence-electron chi connectivity index (χ0n) is 11.8. The number of piperidine rings is 1. The molecule has 6 heteroatoms. The summed E-state index contributed by atoms with van der Waals surface area (Å²) in [5.41, 5.74) is 0. The fourth-order valence-corrected chi connectivity index (χ4v) is 5.70. The Bertz CT molecular complexity index is 372. The molecular weight excluding hydrogens is 280 g/mol. The van der Waals surface area contributed by atoms with E-state index in [1.54, 1.807) is 0 Å². The van der Waals surface area contributed by atoms with Gasteiger partial charge in [0.05, 0.1) is 5.75 Å². The summed E-state index contributed by atoms with van der Waals surface area (Å²) >= 11 is 1.83. The molecule has 0 amide bonds. The van der Waals surface area contributed by atoms with Crippen molar-refractivity contribution in [2.45, 2.75) is 43.3 Å². The van der Waals surface area contributed by atoms with Crippen LogP contribution in [0.2, 0.25) is 0 Å². The SMILES string of the molecule is CSC1(CNS(=O)(=O)CC2CCNCC2)CCCC1. The zero-order chi connectivity index (χ0) is 13.8. The average Bonchev–Trinajstić information content (AvgIpc) is 2.87. The molecule has 4 nitrogen and oxygen atoms in total. The van der Waals surface area contributed by atoms with Crippen LogP contribution in [-0.4, -0.2) is 44.8 Å². The summed E-state index contributed by atoms with van der Waals surface area (Å²) in [4.78, 5) is 0. The van der Waals surface area contributed by atoms with E-state index in [2.05, 4.69) is 16.3 Å². The van der Waals surface area contributed by atoms with Crippen LogP contribution in [-0.2, 0) is 10.0 Å². The highest BCUT2D eigenvalue weighted by molar-refractivity contribution is 8.00. The van der Waals surface area contributed by atoms with Crippen molar-refractivity contribution in [1.29, 1.82) is 0 Å². The Morgan fingerprint density at radius 1 is 1.26 bits per heavy atom. The molecule has 2 rings (SSSR count). The van der Waals surface area contributed by atoms with Gasteiger partial charge in [-0.1, -0.05) is 12.8 Å². The summed E-state index contributed by atoms with van der Waals surface area (Å²) in [6, 6.07) is 0. The lowest BCUT2D eigenvalue weighted by Gasteiger charge is -2.28. The highest BCUT2D eigenvalue weighted by atomic mass is 32.2. The second-order valence-corrected chi connectivity index (χ2v) is 9.02. The van der Waals surface area contributed by atoms with Gasteiger partial charge in [0.2, 0.25) is 10.0 Å². The van der Waals surface area contributed by atoms with Gasteiger partial charge in [-0.25, -0.2) is 13.1 Å². The van der Waals surface area contributed by atoms with Crippen LogP contribution < -0.4 is 10.0 Å².